The number of piperidine rings is 1. The molecule has 0 radical (unpaired) electrons. The fourth-order valence-corrected chi connectivity index (χ4v) is 5.32. The van der Waals surface area contributed by atoms with Crippen LogP contribution in [0.4, 0.5) is 13.2 Å². The van der Waals surface area contributed by atoms with Crippen molar-refractivity contribution in [3.63, 3.8) is 0 Å². The van der Waals surface area contributed by atoms with E-state index in [1.807, 2.05) is 30.5 Å². The Kier molecular flexibility index (Phi) is 8.58. The summed E-state index contributed by atoms with van der Waals surface area (Å²) in [4.78, 5) is 19.0. The van der Waals surface area contributed by atoms with E-state index < -0.39 is 24.0 Å². The van der Waals surface area contributed by atoms with Crippen molar-refractivity contribution >= 4 is 11.6 Å². The van der Waals surface area contributed by atoms with E-state index >= 15 is 0 Å². The van der Waals surface area contributed by atoms with E-state index in [0.29, 0.717) is 17.8 Å². The largest absolute Gasteiger partial charge is 0.488 e. The molecule has 0 unspecified atom stereocenters. The molecule has 3 N–H and O–H groups in total. The molecule has 216 valence electrons. The summed E-state index contributed by atoms with van der Waals surface area (Å²) in [6, 6.07) is 12.5. The third kappa shape index (κ3) is 6.87. The molecular weight excluding hydrogens is 531 g/mol. The second-order valence-electron chi connectivity index (χ2n) is 11.0. The Hall–Kier alpha value is -3.92. The van der Waals surface area contributed by atoms with Crippen molar-refractivity contribution in [2.75, 3.05) is 26.2 Å². The van der Waals surface area contributed by atoms with Crippen molar-refractivity contribution in [3.05, 3.63) is 72.7 Å². The van der Waals surface area contributed by atoms with Crippen molar-refractivity contribution in [1.29, 1.82) is 0 Å². The number of nitrogens with one attached hydrogen (secondary N) is 3. The van der Waals surface area contributed by atoms with E-state index in [2.05, 4.69) is 15.4 Å². The maximum absolute atomic E-state index is 13.4. The van der Waals surface area contributed by atoms with Crippen LogP contribution >= 0.6 is 0 Å². The van der Waals surface area contributed by atoms with Crippen molar-refractivity contribution in [2.45, 2.75) is 45.3 Å². The number of carbonyl (C=O) groups excluding carboxylic acids is 1. The van der Waals surface area contributed by atoms with Crippen LogP contribution in [-0.2, 0) is 0 Å². The normalized spacial score (nSPS) is 15.3. The second-order valence-corrected chi connectivity index (χ2v) is 11.0. The molecule has 1 amide bonds. The van der Waals surface area contributed by atoms with Crippen LogP contribution in [0.2, 0.25) is 0 Å². The van der Waals surface area contributed by atoms with Crippen molar-refractivity contribution in [1.82, 2.24) is 15.4 Å². The maximum atomic E-state index is 13.4. The highest BCUT2D eigenvalue weighted by molar-refractivity contribution is 5.96. The van der Waals surface area contributed by atoms with Crippen LogP contribution in [0.15, 0.2) is 67.1 Å². The quantitative estimate of drug-likeness (QED) is 0.265. The average molecular weight is 568 g/mol. The molecular formula is C31H36F3N5O2+2. The number of benzene rings is 2. The summed E-state index contributed by atoms with van der Waals surface area (Å²) in [7, 11) is 0. The number of amides is 1. The number of nitrogens with zero attached hydrogens (tertiary/aromatic N) is 2. The van der Waals surface area contributed by atoms with Gasteiger partial charge in [0, 0.05) is 5.56 Å². The molecule has 1 fully saturated rings. The molecule has 5 rings (SSSR count). The number of hydrogen-bond donors (Lipinski definition) is 3. The number of likely N-dealkylation sites (tertiary alicyclic amines) is 1. The molecule has 10 heteroatoms. The van der Waals surface area contributed by atoms with Gasteiger partial charge in [0.25, 0.3) is 5.91 Å². The lowest BCUT2D eigenvalue weighted by atomic mass is 10.0. The lowest BCUT2D eigenvalue weighted by Crippen LogP contribution is -3.13. The van der Waals surface area contributed by atoms with E-state index in [-0.39, 0.29) is 5.56 Å². The third-order valence-corrected chi connectivity index (χ3v) is 7.63. The second kappa shape index (κ2) is 12.3. The van der Waals surface area contributed by atoms with Crippen LogP contribution in [0, 0.1) is 5.92 Å². The van der Waals surface area contributed by atoms with Crippen LogP contribution < -0.4 is 19.5 Å². The summed E-state index contributed by atoms with van der Waals surface area (Å²) < 4.78 is 47.9. The topological polar surface area (TPSA) is 75.5 Å². The Labute approximate surface area is 237 Å². The highest BCUT2D eigenvalue weighted by Crippen LogP contribution is 2.27. The molecule has 1 aliphatic heterocycles. The van der Waals surface area contributed by atoms with Crippen LogP contribution in [-0.4, -0.2) is 54.4 Å². The minimum atomic E-state index is -4.53. The molecule has 7 nitrogen and oxygen atoms in total. The number of H-pyrrole nitrogens is 1. The van der Waals surface area contributed by atoms with Gasteiger partial charge in [-0.2, -0.15) is 13.2 Å². The van der Waals surface area contributed by atoms with Crippen LogP contribution in [0.3, 0.4) is 0 Å². The molecule has 1 aliphatic rings. The zero-order valence-electron chi connectivity index (χ0n) is 23.3. The Morgan fingerprint density at radius 2 is 1.83 bits per heavy atom. The lowest BCUT2D eigenvalue weighted by Gasteiger charge is -2.25. The minimum absolute atomic E-state index is 0.146. The first-order valence-corrected chi connectivity index (χ1v) is 14.1. The summed E-state index contributed by atoms with van der Waals surface area (Å²) in [6.07, 6.45) is 4.87. The Bertz CT molecular complexity index is 1480. The Morgan fingerprint density at radius 3 is 2.54 bits per heavy atom. The van der Waals surface area contributed by atoms with Gasteiger partial charge in [0.1, 0.15) is 31.1 Å². The van der Waals surface area contributed by atoms with E-state index in [1.165, 1.54) is 52.3 Å². The number of aromatic amines is 1. The standard InChI is InChI=1S/C31H34F3N5O2/c1-21(2)28(31(32,33)34)37-30(40)24-8-6-7-23(17-24)27-19-36-39-20-25(18-35-29(27)39)22-9-11-26(12-10-22)41-16-15-38-13-4-3-5-14-38/h6-12,17-21,28H,3-5,13-16H2,1-2H3,(H,37,40)/p+2/t28-/m1/s1. The van der Waals surface area contributed by atoms with Gasteiger partial charge >= 0.3 is 11.8 Å². The summed E-state index contributed by atoms with van der Waals surface area (Å²) >= 11 is 0. The van der Waals surface area contributed by atoms with Gasteiger partial charge in [-0.3, -0.25) is 4.79 Å². The highest BCUT2D eigenvalue weighted by Gasteiger charge is 2.42. The summed E-state index contributed by atoms with van der Waals surface area (Å²) in [5.74, 6) is -0.724. The van der Waals surface area contributed by atoms with E-state index in [1.54, 1.807) is 40.0 Å². The number of carbonyl (C=O) groups is 1. The minimum Gasteiger partial charge on any atom is -0.488 e. The molecule has 41 heavy (non-hydrogen) atoms. The number of rotatable bonds is 9. The van der Waals surface area contributed by atoms with Gasteiger partial charge in [0.2, 0.25) is 0 Å². The predicted molar refractivity (Wildman–Crippen MR) is 150 cm³/mol. The Morgan fingerprint density at radius 1 is 1.07 bits per heavy atom. The van der Waals surface area contributed by atoms with Crippen LogP contribution in [0.5, 0.6) is 5.75 Å². The monoisotopic (exact) mass is 567 g/mol. The van der Waals surface area contributed by atoms with Crippen LogP contribution in [0.1, 0.15) is 43.5 Å². The number of ether oxygens (including phenoxy) is 1. The molecule has 0 aliphatic carbocycles. The summed E-state index contributed by atoms with van der Waals surface area (Å²) in [5.41, 5.74) is 4.05. The number of quaternary nitrogens is 1. The highest BCUT2D eigenvalue weighted by atomic mass is 19.4. The van der Waals surface area contributed by atoms with Crippen molar-refractivity contribution in [2.24, 2.45) is 5.92 Å². The number of aromatic nitrogens is 3. The van der Waals surface area contributed by atoms with E-state index in [0.717, 1.165) is 29.0 Å². The summed E-state index contributed by atoms with van der Waals surface area (Å²) in [6.45, 7) is 7.05. The molecule has 0 spiro atoms. The van der Waals surface area contributed by atoms with E-state index in [9.17, 15) is 18.0 Å². The molecule has 0 bridgehead atoms. The third-order valence-electron chi connectivity index (χ3n) is 7.63. The molecule has 1 atom stereocenters. The first-order chi connectivity index (χ1) is 19.7. The zero-order valence-corrected chi connectivity index (χ0v) is 23.3. The predicted octanol–water partition coefficient (Wildman–Crippen LogP) is 4.25. The molecule has 2 aromatic heterocycles. The van der Waals surface area contributed by atoms with Gasteiger partial charge < -0.3 is 15.0 Å². The van der Waals surface area contributed by atoms with Crippen molar-refractivity contribution in [3.8, 4) is 28.0 Å². The number of hydrogen-bond acceptors (Lipinski definition) is 3. The van der Waals surface area contributed by atoms with Gasteiger partial charge in [-0.1, -0.05) is 38.1 Å². The Balaban J connectivity index is 1.28. The smallest absolute Gasteiger partial charge is 0.408 e. The fraction of sp³-hybridized carbons (Fsp3) is 0.387. The summed E-state index contributed by atoms with van der Waals surface area (Å²) in [5, 5.41) is 5.30. The van der Waals surface area contributed by atoms with Gasteiger partial charge in [-0.05, 0) is 65.6 Å². The zero-order chi connectivity index (χ0) is 29.0. The fourth-order valence-electron chi connectivity index (χ4n) is 5.32. The van der Waals surface area contributed by atoms with E-state index in [4.69, 9.17) is 4.74 Å². The maximum Gasteiger partial charge on any atom is 0.408 e. The first-order valence-electron chi connectivity index (χ1n) is 14.1. The number of fused-ring (bicyclic) bond motifs is 1. The molecule has 0 saturated carbocycles. The van der Waals surface area contributed by atoms with Gasteiger partial charge in [0.05, 0.1) is 30.4 Å². The molecule has 4 aromatic rings. The van der Waals surface area contributed by atoms with Crippen LogP contribution in [0.25, 0.3) is 27.9 Å². The first kappa shape index (κ1) is 28.6. The number of alkyl halides is 3. The SMILES string of the molecule is CC(C)[C@@H](NC(=O)c1cccc(-c2c[nH][n+]3cc(-c4ccc(OCC[NH+]5CCCCC5)cc4)cnc23)c1)C(F)(F)F. The molecule has 3 heterocycles. The average Bonchev–Trinajstić information content (AvgIpc) is 3.39. The van der Waals surface area contributed by atoms with Gasteiger partial charge in [0.15, 0.2) is 6.20 Å². The molecule has 1 saturated heterocycles. The van der Waals surface area contributed by atoms with Gasteiger partial charge in [-0.25, -0.2) is 5.10 Å². The van der Waals surface area contributed by atoms with Crippen molar-refractivity contribution < 1.29 is 32.1 Å². The van der Waals surface area contributed by atoms with Gasteiger partial charge in [-0.15, -0.1) is 4.52 Å². The number of halogens is 3. The molecule has 2 aromatic carbocycles. The lowest BCUT2D eigenvalue weighted by molar-refractivity contribution is -0.904.